The lowest BCUT2D eigenvalue weighted by atomic mass is 10.0. The Morgan fingerprint density at radius 3 is 1.98 bits per heavy atom. The number of methoxy groups -OCH3 is 3. The summed E-state index contributed by atoms with van der Waals surface area (Å²) in [6.07, 6.45) is -1.52. The van der Waals surface area contributed by atoms with Gasteiger partial charge in [0.1, 0.15) is 12.4 Å². The van der Waals surface area contributed by atoms with Gasteiger partial charge in [0.05, 0.1) is 21.3 Å². The molecule has 49 heavy (non-hydrogen) atoms. The first-order chi connectivity index (χ1) is 23.3. The van der Waals surface area contributed by atoms with E-state index in [9.17, 15) is 19.5 Å². The van der Waals surface area contributed by atoms with Gasteiger partial charge in [-0.15, -0.1) is 4.99 Å². The molecule has 3 N–H and O–H groups in total. The molecule has 0 aromatic heterocycles. The van der Waals surface area contributed by atoms with Crippen molar-refractivity contribution < 1.29 is 38.4 Å². The molecule has 4 aromatic rings. The normalized spacial score (nSPS) is 11.3. The van der Waals surface area contributed by atoms with Gasteiger partial charge in [-0.05, 0) is 87.4 Å². The van der Waals surface area contributed by atoms with E-state index in [0.717, 1.165) is 11.1 Å². The minimum Gasteiger partial charge on any atom is -0.493 e. The summed E-state index contributed by atoms with van der Waals surface area (Å²) in [7, 11) is 4.28. The summed E-state index contributed by atoms with van der Waals surface area (Å²) in [4.78, 5) is 44.1. The van der Waals surface area contributed by atoms with Crippen LogP contribution in [0.5, 0.6) is 23.0 Å². The van der Waals surface area contributed by atoms with Crippen molar-refractivity contribution >= 4 is 35.2 Å². The fourth-order valence-electron chi connectivity index (χ4n) is 4.96. The number of nitrogens with one attached hydrogen (secondary N) is 2. The van der Waals surface area contributed by atoms with Gasteiger partial charge in [-0.1, -0.05) is 36.4 Å². The second-order valence-electron chi connectivity index (χ2n) is 11.8. The number of carboxylic acid groups (broad SMARTS) is 1. The van der Waals surface area contributed by atoms with E-state index in [1.54, 1.807) is 47.4 Å². The Bertz CT molecular complexity index is 1810. The molecule has 12 heteroatoms. The van der Waals surface area contributed by atoms with Gasteiger partial charge in [0.2, 0.25) is 11.7 Å². The molecular weight excluding hydrogens is 628 g/mol. The SMILES string of the molecule is COc1cc(C(=O)NC(=NC(=O)O)N(c2ccc(C)c(NC(=O)c3ccc(OCc4ccccc4)cc3)c2)C(C)(C)C)cc(OC)c1OC. The van der Waals surface area contributed by atoms with Crippen molar-refractivity contribution in [1.29, 1.82) is 0 Å². The number of amides is 3. The van der Waals surface area contributed by atoms with Crippen molar-refractivity contribution in [1.82, 2.24) is 5.32 Å². The molecule has 0 atom stereocenters. The van der Waals surface area contributed by atoms with E-state index in [1.807, 2.05) is 58.0 Å². The number of aliphatic imine (C=N–C) groups is 1. The van der Waals surface area contributed by atoms with Crippen LogP contribution in [0.15, 0.2) is 89.9 Å². The van der Waals surface area contributed by atoms with Crippen LogP contribution < -0.4 is 34.5 Å². The Morgan fingerprint density at radius 1 is 0.796 bits per heavy atom. The van der Waals surface area contributed by atoms with Crippen LogP contribution in [0.2, 0.25) is 0 Å². The highest BCUT2D eigenvalue weighted by atomic mass is 16.5. The van der Waals surface area contributed by atoms with Gasteiger partial charge in [-0.2, -0.15) is 0 Å². The molecule has 4 aromatic carbocycles. The maximum Gasteiger partial charge on any atom is 0.434 e. The molecule has 4 rings (SSSR count). The summed E-state index contributed by atoms with van der Waals surface area (Å²) < 4.78 is 21.9. The molecule has 0 spiro atoms. The van der Waals surface area contributed by atoms with Crippen LogP contribution in [0.25, 0.3) is 0 Å². The lowest BCUT2D eigenvalue weighted by Gasteiger charge is -2.38. The predicted octanol–water partition coefficient (Wildman–Crippen LogP) is 6.92. The zero-order chi connectivity index (χ0) is 35.7. The second kappa shape index (κ2) is 15.7. The predicted molar refractivity (Wildman–Crippen MR) is 188 cm³/mol. The topological polar surface area (TPSA) is 148 Å². The van der Waals surface area contributed by atoms with Gasteiger partial charge < -0.3 is 34.3 Å². The first-order valence-electron chi connectivity index (χ1n) is 15.3. The maximum atomic E-state index is 13.6. The van der Waals surface area contributed by atoms with Crippen LogP contribution in [0.3, 0.4) is 0 Å². The Morgan fingerprint density at radius 2 is 1.43 bits per heavy atom. The van der Waals surface area contributed by atoms with Crippen molar-refractivity contribution in [3.05, 3.63) is 107 Å². The van der Waals surface area contributed by atoms with E-state index < -0.39 is 17.5 Å². The summed E-state index contributed by atoms with van der Waals surface area (Å²) >= 11 is 0. The van der Waals surface area contributed by atoms with Crippen LogP contribution in [0, 0.1) is 6.92 Å². The number of aryl methyl sites for hydroxylation is 1. The number of guanidine groups is 1. The third kappa shape index (κ3) is 9.07. The number of hydrogen-bond acceptors (Lipinski definition) is 7. The first-order valence-corrected chi connectivity index (χ1v) is 15.3. The zero-order valence-electron chi connectivity index (χ0n) is 28.5. The molecule has 0 saturated heterocycles. The molecular formula is C37H40N4O8. The number of nitrogens with zero attached hydrogens (tertiary/aromatic N) is 2. The second-order valence-corrected chi connectivity index (χ2v) is 11.8. The molecule has 0 aliphatic rings. The van der Waals surface area contributed by atoms with Crippen LogP contribution in [0.4, 0.5) is 16.2 Å². The zero-order valence-corrected chi connectivity index (χ0v) is 28.5. The van der Waals surface area contributed by atoms with Crippen LogP contribution >= 0.6 is 0 Å². The largest absolute Gasteiger partial charge is 0.493 e. The molecule has 0 heterocycles. The van der Waals surface area contributed by atoms with E-state index in [2.05, 4.69) is 15.6 Å². The standard InChI is InChI=1S/C37H40N4O8/c1-23-13-16-27(21-29(23)38-33(42)25-14-17-28(18-15-25)49-22-24-11-9-8-10-12-24)41(37(2,3)4)35(40-36(44)45)39-34(43)26-19-30(46-5)32(48-7)31(20-26)47-6/h8-21H,22H2,1-7H3,(H,38,42)(H,44,45)(H,39,40,43). The first kappa shape index (κ1) is 35.8. The van der Waals surface area contributed by atoms with Crippen LogP contribution in [-0.2, 0) is 6.61 Å². The van der Waals surface area contributed by atoms with Gasteiger partial charge >= 0.3 is 6.09 Å². The Balaban J connectivity index is 1.60. The summed E-state index contributed by atoms with van der Waals surface area (Å²) in [6.45, 7) is 7.72. The van der Waals surface area contributed by atoms with Crippen molar-refractivity contribution in [3.63, 3.8) is 0 Å². The van der Waals surface area contributed by atoms with Crippen LogP contribution in [0.1, 0.15) is 52.6 Å². The monoisotopic (exact) mass is 668 g/mol. The number of carbonyl (C=O) groups excluding carboxylic acids is 2. The smallest absolute Gasteiger partial charge is 0.434 e. The van der Waals surface area contributed by atoms with Gasteiger partial charge in [-0.25, -0.2) is 4.79 Å². The lowest BCUT2D eigenvalue weighted by Crippen LogP contribution is -2.53. The highest BCUT2D eigenvalue weighted by Crippen LogP contribution is 2.38. The summed E-state index contributed by atoms with van der Waals surface area (Å²) in [5, 5.41) is 15.3. The number of hydrogen-bond donors (Lipinski definition) is 3. The summed E-state index contributed by atoms with van der Waals surface area (Å²) in [5.41, 5.74) is 2.44. The minimum absolute atomic E-state index is 0.106. The Labute approximate surface area is 285 Å². The molecule has 12 nitrogen and oxygen atoms in total. The van der Waals surface area contributed by atoms with Crippen molar-refractivity contribution in [2.45, 2.75) is 39.8 Å². The highest BCUT2D eigenvalue weighted by Gasteiger charge is 2.30. The van der Waals surface area contributed by atoms with Crippen molar-refractivity contribution in [2.75, 3.05) is 31.5 Å². The summed E-state index contributed by atoms with van der Waals surface area (Å²) in [6, 6.07) is 24.7. The van der Waals surface area contributed by atoms with Crippen LogP contribution in [-0.4, -0.2) is 55.8 Å². The van der Waals surface area contributed by atoms with E-state index >= 15 is 0 Å². The van der Waals surface area contributed by atoms with E-state index in [-0.39, 0.29) is 28.9 Å². The van der Waals surface area contributed by atoms with Gasteiger partial charge in [0, 0.05) is 28.0 Å². The minimum atomic E-state index is -1.52. The molecule has 0 unspecified atom stereocenters. The lowest BCUT2D eigenvalue weighted by molar-refractivity contribution is 0.0974. The maximum absolute atomic E-state index is 13.6. The van der Waals surface area contributed by atoms with E-state index in [1.165, 1.54) is 33.5 Å². The molecule has 0 aliphatic carbocycles. The van der Waals surface area contributed by atoms with Gasteiger partial charge in [0.15, 0.2) is 11.5 Å². The Hall–Kier alpha value is -6.04. The molecule has 0 radical (unpaired) electrons. The van der Waals surface area contributed by atoms with Crippen molar-refractivity contribution in [2.24, 2.45) is 4.99 Å². The van der Waals surface area contributed by atoms with Gasteiger partial charge in [-0.3, -0.25) is 14.9 Å². The van der Waals surface area contributed by atoms with E-state index in [4.69, 9.17) is 18.9 Å². The van der Waals surface area contributed by atoms with E-state index in [0.29, 0.717) is 35.0 Å². The molecule has 0 bridgehead atoms. The molecule has 0 saturated carbocycles. The average Bonchev–Trinajstić information content (AvgIpc) is 3.07. The average molecular weight is 669 g/mol. The number of carbonyl (C=O) groups is 3. The number of rotatable bonds is 10. The molecule has 0 aliphatic heterocycles. The molecule has 0 fully saturated rings. The quantitative estimate of drug-likeness (QED) is 0.121. The Kier molecular flexibility index (Phi) is 11.5. The molecule has 3 amide bonds. The number of ether oxygens (including phenoxy) is 4. The molecule has 256 valence electrons. The summed E-state index contributed by atoms with van der Waals surface area (Å²) in [5.74, 6) is 0.107. The number of anilines is 2. The fourth-order valence-corrected chi connectivity index (χ4v) is 4.96. The highest BCUT2D eigenvalue weighted by molar-refractivity contribution is 6.14. The van der Waals surface area contributed by atoms with Gasteiger partial charge in [0.25, 0.3) is 11.8 Å². The third-order valence-corrected chi connectivity index (χ3v) is 7.33. The van der Waals surface area contributed by atoms with Crippen molar-refractivity contribution in [3.8, 4) is 23.0 Å². The third-order valence-electron chi connectivity index (χ3n) is 7.33. The fraction of sp³-hybridized carbons (Fsp3) is 0.243. The number of benzene rings is 4.